The topological polar surface area (TPSA) is 42.5 Å². The maximum atomic E-state index is 5.15. The maximum Gasteiger partial charge on any atom is 0.170 e. The Morgan fingerprint density at radius 3 is 2.47 bits per heavy atom. The molecule has 0 saturated carbocycles. The number of anilines is 1. The third kappa shape index (κ3) is 5.01. The molecule has 17 heavy (non-hydrogen) atoms. The van der Waals surface area contributed by atoms with Gasteiger partial charge in [-0.15, -0.1) is 0 Å². The van der Waals surface area contributed by atoms with Crippen LogP contribution >= 0.6 is 12.2 Å². The summed E-state index contributed by atoms with van der Waals surface area (Å²) < 4.78 is 10.2. The van der Waals surface area contributed by atoms with Gasteiger partial charge in [0.25, 0.3) is 0 Å². The van der Waals surface area contributed by atoms with Crippen LogP contribution in [0.1, 0.15) is 6.92 Å². The normalized spacial score (nSPS) is 11.7. The second-order valence-corrected chi connectivity index (χ2v) is 4.02. The van der Waals surface area contributed by atoms with E-state index in [0.29, 0.717) is 11.7 Å². The minimum atomic E-state index is 0.130. The van der Waals surface area contributed by atoms with E-state index in [1.54, 1.807) is 14.2 Å². The van der Waals surface area contributed by atoms with E-state index in [0.717, 1.165) is 11.4 Å². The Bertz CT molecular complexity index is 354. The van der Waals surface area contributed by atoms with E-state index in [2.05, 4.69) is 10.6 Å². The highest BCUT2D eigenvalue weighted by molar-refractivity contribution is 7.80. The van der Waals surface area contributed by atoms with Crippen molar-refractivity contribution >= 4 is 23.0 Å². The number of hydrogen-bond acceptors (Lipinski definition) is 3. The van der Waals surface area contributed by atoms with Crippen molar-refractivity contribution in [1.82, 2.24) is 5.32 Å². The van der Waals surface area contributed by atoms with Gasteiger partial charge in [-0.2, -0.15) is 0 Å². The molecule has 1 unspecified atom stereocenters. The molecule has 1 aromatic carbocycles. The second kappa shape index (κ2) is 7.09. The molecule has 0 radical (unpaired) electrons. The molecule has 1 rings (SSSR count). The molecule has 0 aliphatic carbocycles. The smallest absolute Gasteiger partial charge is 0.170 e. The molecule has 0 spiro atoms. The summed E-state index contributed by atoms with van der Waals surface area (Å²) in [6, 6.07) is 7.57. The summed E-state index contributed by atoms with van der Waals surface area (Å²) in [5.74, 6) is 0.822. The molecule has 2 N–H and O–H groups in total. The Kier molecular flexibility index (Phi) is 5.72. The van der Waals surface area contributed by atoms with Crippen molar-refractivity contribution in [2.24, 2.45) is 0 Å². The van der Waals surface area contributed by atoms with E-state index in [9.17, 15) is 0 Å². The summed E-state index contributed by atoms with van der Waals surface area (Å²) in [6.07, 6.45) is 0.130. The number of methoxy groups -OCH3 is 2. The predicted octanol–water partition coefficient (Wildman–Crippen LogP) is 2.02. The zero-order chi connectivity index (χ0) is 12.7. The lowest BCUT2D eigenvalue weighted by Crippen LogP contribution is -2.34. The van der Waals surface area contributed by atoms with Gasteiger partial charge in [0, 0.05) is 19.3 Å². The highest BCUT2D eigenvalue weighted by Gasteiger charge is 2.01. The van der Waals surface area contributed by atoms with Gasteiger partial charge < -0.3 is 20.1 Å². The molecule has 0 bridgehead atoms. The standard InChI is InChI=1S/C12H18N2O2S/c1-9(15-2)8-13-12(17)14-10-4-6-11(16-3)7-5-10/h4-7,9H,8H2,1-3H3,(H2,13,14,17). The van der Waals surface area contributed by atoms with Gasteiger partial charge in [-0.3, -0.25) is 0 Å². The number of rotatable bonds is 5. The Morgan fingerprint density at radius 1 is 1.29 bits per heavy atom. The van der Waals surface area contributed by atoms with Crippen LogP contribution in [0, 0.1) is 0 Å². The van der Waals surface area contributed by atoms with Crippen molar-refractivity contribution in [3.8, 4) is 5.75 Å². The van der Waals surface area contributed by atoms with Gasteiger partial charge >= 0.3 is 0 Å². The Balaban J connectivity index is 2.39. The average molecular weight is 254 g/mol. The molecule has 0 heterocycles. The van der Waals surface area contributed by atoms with Gasteiger partial charge in [-0.05, 0) is 43.4 Å². The average Bonchev–Trinajstić information content (AvgIpc) is 2.36. The number of thiocarbonyl (C=S) groups is 1. The first-order valence-corrected chi connectivity index (χ1v) is 5.78. The highest BCUT2D eigenvalue weighted by atomic mass is 32.1. The molecule has 0 fully saturated rings. The van der Waals surface area contributed by atoms with Gasteiger partial charge in [-0.1, -0.05) is 0 Å². The quantitative estimate of drug-likeness (QED) is 0.787. The monoisotopic (exact) mass is 254 g/mol. The lowest BCUT2D eigenvalue weighted by molar-refractivity contribution is 0.121. The van der Waals surface area contributed by atoms with Crippen LogP contribution < -0.4 is 15.4 Å². The van der Waals surface area contributed by atoms with Gasteiger partial charge in [0.15, 0.2) is 5.11 Å². The number of ether oxygens (including phenoxy) is 2. The lowest BCUT2D eigenvalue weighted by atomic mass is 10.3. The molecule has 0 aliphatic heterocycles. The fraction of sp³-hybridized carbons (Fsp3) is 0.417. The molecule has 0 saturated heterocycles. The van der Waals surface area contributed by atoms with Crippen molar-refractivity contribution in [3.05, 3.63) is 24.3 Å². The van der Waals surface area contributed by atoms with Crippen LogP contribution in [0.15, 0.2) is 24.3 Å². The van der Waals surface area contributed by atoms with Crippen LogP contribution in [0.5, 0.6) is 5.75 Å². The predicted molar refractivity (Wildman–Crippen MR) is 73.7 cm³/mol. The largest absolute Gasteiger partial charge is 0.497 e. The molecule has 4 nitrogen and oxygen atoms in total. The number of hydrogen-bond donors (Lipinski definition) is 2. The van der Waals surface area contributed by atoms with E-state index in [1.807, 2.05) is 31.2 Å². The molecule has 1 aromatic rings. The van der Waals surface area contributed by atoms with Crippen LogP contribution in [-0.2, 0) is 4.74 Å². The molecule has 1 atom stereocenters. The van der Waals surface area contributed by atoms with Crippen LogP contribution in [0.3, 0.4) is 0 Å². The summed E-state index contributed by atoms with van der Waals surface area (Å²) in [5, 5.41) is 6.74. The van der Waals surface area contributed by atoms with Crippen molar-refractivity contribution in [3.63, 3.8) is 0 Å². The molecule has 0 aromatic heterocycles. The fourth-order valence-corrected chi connectivity index (χ4v) is 1.37. The molecule has 0 aliphatic rings. The van der Waals surface area contributed by atoms with Gasteiger partial charge in [0.1, 0.15) is 5.75 Å². The molecule has 94 valence electrons. The number of nitrogens with one attached hydrogen (secondary N) is 2. The Labute approximate surface area is 107 Å². The van der Waals surface area contributed by atoms with Crippen molar-refractivity contribution in [1.29, 1.82) is 0 Å². The zero-order valence-electron chi connectivity index (χ0n) is 10.3. The molecule has 0 amide bonds. The first-order valence-electron chi connectivity index (χ1n) is 5.37. The van der Waals surface area contributed by atoms with Gasteiger partial charge in [-0.25, -0.2) is 0 Å². The molecular weight excluding hydrogens is 236 g/mol. The molecular formula is C12H18N2O2S. The van der Waals surface area contributed by atoms with E-state index < -0.39 is 0 Å². The number of benzene rings is 1. The van der Waals surface area contributed by atoms with E-state index in [4.69, 9.17) is 21.7 Å². The van der Waals surface area contributed by atoms with Crippen LogP contribution in [0.4, 0.5) is 5.69 Å². The van der Waals surface area contributed by atoms with Crippen LogP contribution in [0.2, 0.25) is 0 Å². The Morgan fingerprint density at radius 2 is 1.94 bits per heavy atom. The van der Waals surface area contributed by atoms with Crippen molar-refractivity contribution in [2.45, 2.75) is 13.0 Å². The summed E-state index contributed by atoms with van der Waals surface area (Å²) >= 11 is 5.15. The van der Waals surface area contributed by atoms with Gasteiger partial charge in [0.2, 0.25) is 0 Å². The minimum Gasteiger partial charge on any atom is -0.497 e. The second-order valence-electron chi connectivity index (χ2n) is 3.61. The van der Waals surface area contributed by atoms with Crippen LogP contribution in [0.25, 0.3) is 0 Å². The first kappa shape index (κ1) is 13.7. The van der Waals surface area contributed by atoms with E-state index >= 15 is 0 Å². The van der Waals surface area contributed by atoms with Gasteiger partial charge in [0.05, 0.1) is 13.2 Å². The fourth-order valence-electron chi connectivity index (χ4n) is 1.17. The highest BCUT2D eigenvalue weighted by Crippen LogP contribution is 2.14. The first-order chi connectivity index (χ1) is 8.15. The third-order valence-electron chi connectivity index (χ3n) is 2.30. The van der Waals surface area contributed by atoms with Crippen molar-refractivity contribution < 1.29 is 9.47 Å². The van der Waals surface area contributed by atoms with E-state index in [1.165, 1.54) is 0 Å². The molecule has 5 heteroatoms. The summed E-state index contributed by atoms with van der Waals surface area (Å²) in [5.41, 5.74) is 0.924. The Hall–Kier alpha value is -1.33. The zero-order valence-corrected chi connectivity index (χ0v) is 11.1. The van der Waals surface area contributed by atoms with Crippen molar-refractivity contribution in [2.75, 3.05) is 26.1 Å². The summed E-state index contributed by atoms with van der Waals surface area (Å²) in [6.45, 7) is 2.65. The van der Waals surface area contributed by atoms with Crippen LogP contribution in [-0.4, -0.2) is 32.0 Å². The maximum absolute atomic E-state index is 5.15. The van der Waals surface area contributed by atoms with E-state index in [-0.39, 0.29) is 6.10 Å². The third-order valence-corrected chi connectivity index (χ3v) is 2.55. The lowest BCUT2D eigenvalue weighted by Gasteiger charge is -2.14. The summed E-state index contributed by atoms with van der Waals surface area (Å²) in [7, 11) is 3.31. The minimum absolute atomic E-state index is 0.130. The summed E-state index contributed by atoms with van der Waals surface area (Å²) in [4.78, 5) is 0. The SMILES string of the molecule is COc1ccc(NC(=S)NCC(C)OC)cc1.